The van der Waals surface area contributed by atoms with E-state index in [4.69, 9.17) is 4.98 Å². The number of rotatable bonds is 3. The van der Waals surface area contributed by atoms with Crippen molar-refractivity contribution < 1.29 is 9.59 Å². The zero-order valence-electron chi connectivity index (χ0n) is 17.0. The summed E-state index contributed by atoms with van der Waals surface area (Å²) in [6.07, 6.45) is 5.37. The lowest BCUT2D eigenvalue weighted by molar-refractivity contribution is -0.121. The number of fused-ring (bicyclic) bond motifs is 2. The summed E-state index contributed by atoms with van der Waals surface area (Å²) in [7, 11) is 0. The normalized spacial score (nSPS) is 14.2. The van der Waals surface area contributed by atoms with Crippen molar-refractivity contribution >= 4 is 39.7 Å². The van der Waals surface area contributed by atoms with E-state index >= 15 is 0 Å². The summed E-state index contributed by atoms with van der Waals surface area (Å²) in [5.41, 5.74) is 3.42. The minimum absolute atomic E-state index is 0.199. The average Bonchev–Trinajstić information content (AvgIpc) is 3.51. The number of anilines is 1. The van der Waals surface area contributed by atoms with Crippen LogP contribution in [0.3, 0.4) is 0 Å². The van der Waals surface area contributed by atoms with Crippen LogP contribution in [-0.2, 0) is 9.59 Å². The molecule has 1 fully saturated rings. The molecule has 0 saturated carbocycles. The van der Waals surface area contributed by atoms with Gasteiger partial charge in [0.2, 0.25) is 11.8 Å². The van der Waals surface area contributed by atoms with Crippen LogP contribution < -0.4 is 4.90 Å². The second-order valence-electron chi connectivity index (χ2n) is 7.51. The number of carbonyl (C=O) groups excluding carboxylic acids is 2. The number of imidazole rings is 1. The molecule has 6 heterocycles. The topological polar surface area (TPSA) is 123 Å². The molecule has 0 atom stereocenters. The molecule has 2 amide bonds. The monoisotopic (exact) mass is 424 g/mol. The third-order valence-corrected chi connectivity index (χ3v) is 5.47. The van der Waals surface area contributed by atoms with Crippen LogP contribution in [0.25, 0.3) is 39.4 Å². The number of H-pyrrole nitrogens is 1. The highest BCUT2D eigenvalue weighted by Gasteiger charge is 2.32. The molecule has 5 aromatic heterocycles. The maximum atomic E-state index is 12.3. The first kappa shape index (κ1) is 18.3. The molecule has 1 aliphatic rings. The Morgan fingerprint density at radius 2 is 1.78 bits per heavy atom. The number of aryl methyl sites for hydroxylation is 1. The van der Waals surface area contributed by atoms with Gasteiger partial charge >= 0.3 is 0 Å². The molecule has 0 spiro atoms. The van der Waals surface area contributed by atoms with Crippen molar-refractivity contribution in [1.29, 1.82) is 0 Å². The molecule has 0 unspecified atom stereocenters. The van der Waals surface area contributed by atoms with Crippen LogP contribution in [0.4, 0.5) is 5.82 Å². The number of pyridine rings is 2. The van der Waals surface area contributed by atoms with Gasteiger partial charge in [-0.25, -0.2) is 29.8 Å². The summed E-state index contributed by atoms with van der Waals surface area (Å²) in [5.74, 6) is 0.864. The van der Waals surface area contributed by atoms with Gasteiger partial charge in [0, 0.05) is 36.3 Å². The molecule has 10 nitrogen and oxygen atoms in total. The fourth-order valence-corrected chi connectivity index (χ4v) is 4.00. The van der Waals surface area contributed by atoms with Gasteiger partial charge in [0.1, 0.15) is 5.69 Å². The Kier molecular flexibility index (Phi) is 3.88. The minimum Gasteiger partial charge on any atom is -0.329 e. The molecule has 156 valence electrons. The van der Waals surface area contributed by atoms with Gasteiger partial charge in [-0.05, 0) is 31.2 Å². The number of nitrogens with zero attached hydrogens (tertiary/aromatic N) is 7. The number of carbonyl (C=O) groups is 2. The predicted molar refractivity (Wildman–Crippen MR) is 116 cm³/mol. The number of aromatic nitrogens is 7. The lowest BCUT2D eigenvalue weighted by atomic mass is 10.3. The van der Waals surface area contributed by atoms with Gasteiger partial charge in [-0.3, -0.25) is 14.2 Å². The number of nitrogens with one attached hydrogen (secondary N) is 1. The van der Waals surface area contributed by atoms with Crippen LogP contribution in [0.1, 0.15) is 18.5 Å². The molecule has 1 saturated heterocycles. The zero-order valence-corrected chi connectivity index (χ0v) is 17.0. The van der Waals surface area contributed by atoms with E-state index < -0.39 is 0 Å². The molecule has 0 aliphatic carbocycles. The Morgan fingerprint density at radius 1 is 0.938 bits per heavy atom. The van der Waals surface area contributed by atoms with E-state index in [0.717, 1.165) is 11.2 Å². The van der Waals surface area contributed by atoms with E-state index in [2.05, 4.69) is 24.9 Å². The summed E-state index contributed by atoms with van der Waals surface area (Å²) in [6.45, 7) is 1.91. The average molecular weight is 424 g/mol. The van der Waals surface area contributed by atoms with E-state index in [0.29, 0.717) is 39.7 Å². The summed E-state index contributed by atoms with van der Waals surface area (Å²) >= 11 is 0. The third-order valence-electron chi connectivity index (χ3n) is 5.47. The van der Waals surface area contributed by atoms with E-state index in [1.807, 2.05) is 48.0 Å². The maximum Gasteiger partial charge on any atom is 0.235 e. The smallest absolute Gasteiger partial charge is 0.235 e. The van der Waals surface area contributed by atoms with Crippen LogP contribution in [0.2, 0.25) is 0 Å². The second kappa shape index (κ2) is 6.77. The van der Waals surface area contributed by atoms with Crippen molar-refractivity contribution in [1.82, 2.24) is 34.5 Å². The number of aromatic amines is 1. The minimum atomic E-state index is -0.243. The first-order valence-electron chi connectivity index (χ1n) is 10.1. The highest BCUT2D eigenvalue weighted by Crippen LogP contribution is 2.32. The molecule has 6 rings (SSSR count). The maximum absolute atomic E-state index is 12.3. The Labute approximate surface area is 181 Å². The lowest BCUT2D eigenvalue weighted by Gasteiger charge is -2.14. The van der Waals surface area contributed by atoms with Crippen molar-refractivity contribution in [3.8, 4) is 17.3 Å². The highest BCUT2D eigenvalue weighted by atomic mass is 16.2. The van der Waals surface area contributed by atoms with Gasteiger partial charge in [0.15, 0.2) is 28.6 Å². The predicted octanol–water partition coefficient (Wildman–Crippen LogP) is 2.72. The van der Waals surface area contributed by atoms with Crippen molar-refractivity contribution in [3.05, 3.63) is 54.7 Å². The Morgan fingerprint density at radius 3 is 2.59 bits per heavy atom. The van der Waals surface area contributed by atoms with E-state index in [1.54, 1.807) is 12.5 Å². The van der Waals surface area contributed by atoms with Crippen LogP contribution in [0.15, 0.2) is 49.1 Å². The van der Waals surface area contributed by atoms with Gasteiger partial charge in [-0.2, -0.15) is 0 Å². The van der Waals surface area contributed by atoms with Crippen LogP contribution in [-0.4, -0.2) is 46.3 Å². The van der Waals surface area contributed by atoms with Crippen LogP contribution in [0, 0.1) is 6.92 Å². The summed E-state index contributed by atoms with van der Waals surface area (Å²) in [5, 5.41) is 0.675. The fraction of sp³-hybridized carbons (Fsp3) is 0.136. The molecule has 0 aromatic carbocycles. The van der Waals surface area contributed by atoms with Crippen molar-refractivity contribution in [2.75, 3.05) is 4.90 Å². The first-order chi connectivity index (χ1) is 15.6. The number of hydrogen-bond acceptors (Lipinski definition) is 7. The van der Waals surface area contributed by atoms with Crippen LogP contribution >= 0.6 is 0 Å². The van der Waals surface area contributed by atoms with Gasteiger partial charge in [-0.1, -0.05) is 6.07 Å². The summed E-state index contributed by atoms with van der Waals surface area (Å²) in [4.78, 5) is 51.4. The molecule has 10 heteroatoms. The van der Waals surface area contributed by atoms with Crippen molar-refractivity contribution in [2.24, 2.45) is 0 Å². The Bertz CT molecular complexity index is 1530. The molecule has 0 radical (unpaired) electrons. The van der Waals surface area contributed by atoms with E-state index in [9.17, 15) is 9.59 Å². The highest BCUT2D eigenvalue weighted by molar-refractivity contribution is 6.22. The Balaban J connectivity index is 1.58. The third kappa shape index (κ3) is 2.69. The van der Waals surface area contributed by atoms with Gasteiger partial charge in [0.25, 0.3) is 0 Å². The summed E-state index contributed by atoms with van der Waals surface area (Å²) in [6, 6.07) is 9.31. The molecule has 0 bridgehead atoms. The lowest BCUT2D eigenvalue weighted by Crippen LogP contribution is -2.29. The second-order valence-corrected chi connectivity index (χ2v) is 7.51. The number of amides is 2. The molecule has 1 aliphatic heterocycles. The van der Waals surface area contributed by atoms with E-state index in [1.165, 1.54) is 4.90 Å². The molecule has 5 aromatic rings. The molecular weight excluding hydrogens is 408 g/mol. The first-order valence-corrected chi connectivity index (χ1v) is 10.1. The van der Waals surface area contributed by atoms with E-state index in [-0.39, 0.29) is 24.7 Å². The van der Waals surface area contributed by atoms with Gasteiger partial charge < -0.3 is 4.98 Å². The Hall–Kier alpha value is -4.47. The SMILES string of the molecule is Cc1cccc(-c2nc(-n3ccc4c(N5C(=O)CCC5=O)nccc43)c3nc[nH]c3n2)n1. The standard InChI is InChI=1S/C22H16N8O2/c1-12-3-2-4-14(26-12)19-27-20-18(24-11-25-20)22(28-19)29-10-8-13-15(29)7-9-23-21(13)30-16(31)5-6-17(30)32/h2-4,7-11H,5-6H2,1H3,(H,24,25,27,28). The summed E-state index contributed by atoms with van der Waals surface area (Å²) < 4.78 is 1.86. The van der Waals surface area contributed by atoms with Gasteiger partial charge in [0.05, 0.1) is 11.8 Å². The number of hydrogen-bond donors (Lipinski definition) is 1. The zero-order chi connectivity index (χ0) is 21.8. The molecular formula is C22H16N8O2. The van der Waals surface area contributed by atoms with Crippen LogP contribution in [0.5, 0.6) is 0 Å². The fourth-order valence-electron chi connectivity index (χ4n) is 4.00. The number of imide groups is 1. The molecule has 32 heavy (non-hydrogen) atoms. The van der Waals surface area contributed by atoms with Crippen molar-refractivity contribution in [3.63, 3.8) is 0 Å². The molecule has 1 N–H and O–H groups in total. The quantitative estimate of drug-likeness (QED) is 0.442. The van der Waals surface area contributed by atoms with Gasteiger partial charge in [-0.15, -0.1) is 0 Å². The van der Waals surface area contributed by atoms with Crippen molar-refractivity contribution in [2.45, 2.75) is 19.8 Å². The largest absolute Gasteiger partial charge is 0.329 e.